The Morgan fingerprint density at radius 2 is 1.43 bits per heavy atom. The molecular formula is C16H21N3O9. The van der Waals surface area contributed by atoms with Crippen LogP contribution in [0.15, 0.2) is 18.2 Å². The summed E-state index contributed by atoms with van der Waals surface area (Å²) >= 11 is 0. The first kappa shape index (κ1) is 22.7. The van der Waals surface area contributed by atoms with Gasteiger partial charge in [-0.2, -0.15) is 0 Å². The largest absolute Gasteiger partial charge is 0.508 e. The standard InChI is InChI=1S/C16H21N3O9/c17-9-1-2-11(20)10(5-9)15(16(27)28)19(8-14(25)26)4-3-18(6-12(21)22)7-13(23)24/h1-2,5,15,20H,3-4,6-8,17H2,(H,21,22)(H,23,24)(H,25,26)(H,27,28). The van der Waals surface area contributed by atoms with Crippen molar-refractivity contribution < 1.29 is 44.7 Å². The van der Waals surface area contributed by atoms with E-state index < -0.39 is 55.3 Å². The zero-order valence-corrected chi connectivity index (χ0v) is 14.7. The Morgan fingerprint density at radius 3 is 1.89 bits per heavy atom. The molecule has 1 atom stereocenters. The van der Waals surface area contributed by atoms with Gasteiger partial charge < -0.3 is 31.3 Å². The molecule has 0 amide bonds. The second-order valence-corrected chi connectivity index (χ2v) is 5.92. The van der Waals surface area contributed by atoms with Gasteiger partial charge in [0.25, 0.3) is 0 Å². The van der Waals surface area contributed by atoms with Gasteiger partial charge in [-0.15, -0.1) is 0 Å². The molecule has 12 heteroatoms. The maximum absolute atomic E-state index is 11.8. The van der Waals surface area contributed by atoms with Crippen molar-refractivity contribution in [3.8, 4) is 5.75 Å². The molecular weight excluding hydrogens is 378 g/mol. The van der Waals surface area contributed by atoms with E-state index in [4.69, 9.17) is 21.1 Å². The molecule has 0 aliphatic carbocycles. The van der Waals surface area contributed by atoms with Crippen molar-refractivity contribution in [1.29, 1.82) is 0 Å². The molecule has 154 valence electrons. The van der Waals surface area contributed by atoms with Crippen molar-refractivity contribution in [1.82, 2.24) is 9.80 Å². The summed E-state index contributed by atoms with van der Waals surface area (Å²) in [6.07, 6.45) is 0. The van der Waals surface area contributed by atoms with E-state index in [-0.39, 0.29) is 24.3 Å². The summed E-state index contributed by atoms with van der Waals surface area (Å²) in [6.45, 7) is -2.54. The van der Waals surface area contributed by atoms with Gasteiger partial charge in [-0.3, -0.25) is 29.0 Å². The highest BCUT2D eigenvalue weighted by Crippen LogP contribution is 2.30. The molecule has 1 aromatic carbocycles. The van der Waals surface area contributed by atoms with E-state index in [1.54, 1.807) is 0 Å². The summed E-state index contributed by atoms with van der Waals surface area (Å²) in [5.74, 6) is -5.84. The average Bonchev–Trinajstić information content (AvgIpc) is 2.53. The molecule has 0 spiro atoms. The lowest BCUT2D eigenvalue weighted by Gasteiger charge is -2.30. The van der Waals surface area contributed by atoms with Crippen LogP contribution in [0.25, 0.3) is 0 Å². The fourth-order valence-corrected chi connectivity index (χ4v) is 2.62. The number of rotatable bonds is 12. The molecule has 1 unspecified atom stereocenters. The molecule has 0 aromatic heterocycles. The highest BCUT2D eigenvalue weighted by atomic mass is 16.4. The molecule has 0 heterocycles. The molecule has 7 N–H and O–H groups in total. The van der Waals surface area contributed by atoms with Crippen molar-refractivity contribution in [2.24, 2.45) is 0 Å². The van der Waals surface area contributed by atoms with Crippen LogP contribution in [0.3, 0.4) is 0 Å². The third-order valence-electron chi connectivity index (χ3n) is 3.70. The third-order valence-corrected chi connectivity index (χ3v) is 3.70. The number of phenols is 1. The van der Waals surface area contributed by atoms with Crippen molar-refractivity contribution >= 4 is 29.6 Å². The zero-order valence-electron chi connectivity index (χ0n) is 14.7. The molecule has 0 radical (unpaired) electrons. The van der Waals surface area contributed by atoms with Crippen LogP contribution in [0.1, 0.15) is 11.6 Å². The molecule has 1 rings (SSSR count). The minimum Gasteiger partial charge on any atom is -0.508 e. The molecule has 0 fully saturated rings. The fourth-order valence-electron chi connectivity index (χ4n) is 2.62. The van der Waals surface area contributed by atoms with Gasteiger partial charge in [0.2, 0.25) is 0 Å². The number of carbonyl (C=O) groups is 4. The SMILES string of the molecule is Nc1ccc(O)c(C(C(=O)O)N(CCN(CC(=O)O)CC(=O)O)CC(=O)O)c1. The lowest BCUT2D eigenvalue weighted by Crippen LogP contribution is -2.44. The van der Waals surface area contributed by atoms with E-state index in [0.29, 0.717) is 0 Å². The van der Waals surface area contributed by atoms with Crippen LogP contribution < -0.4 is 5.73 Å². The first-order valence-electron chi connectivity index (χ1n) is 7.94. The lowest BCUT2D eigenvalue weighted by atomic mass is 10.0. The highest BCUT2D eigenvalue weighted by molar-refractivity contribution is 5.79. The number of carboxylic acids is 4. The summed E-state index contributed by atoms with van der Waals surface area (Å²) in [5.41, 5.74) is 5.63. The smallest absolute Gasteiger partial charge is 0.325 e. The molecule has 0 aliphatic rings. The number of phenolic OH excluding ortho intramolecular Hbond substituents is 1. The Bertz CT molecular complexity index is 737. The van der Waals surface area contributed by atoms with Gasteiger partial charge in [0, 0.05) is 24.3 Å². The van der Waals surface area contributed by atoms with E-state index in [0.717, 1.165) is 9.80 Å². The number of aliphatic carboxylic acids is 4. The van der Waals surface area contributed by atoms with Gasteiger partial charge in [0.15, 0.2) is 0 Å². The molecule has 0 aliphatic heterocycles. The van der Waals surface area contributed by atoms with E-state index in [9.17, 15) is 29.4 Å². The predicted molar refractivity (Wildman–Crippen MR) is 93.8 cm³/mol. The number of carboxylic acid groups (broad SMARTS) is 4. The zero-order chi connectivity index (χ0) is 21.4. The monoisotopic (exact) mass is 399 g/mol. The van der Waals surface area contributed by atoms with Crippen LogP contribution in [0.2, 0.25) is 0 Å². The molecule has 28 heavy (non-hydrogen) atoms. The second-order valence-electron chi connectivity index (χ2n) is 5.92. The number of hydrogen-bond donors (Lipinski definition) is 6. The van der Waals surface area contributed by atoms with Gasteiger partial charge in [-0.1, -0.05) is 0 Å². The van der Waals surface area contributed by atoms with E-state index in [1.807, 2.05) is 0 Å². The minimum absolute atomic E-state index is 0.142. The van der Waals surface area contributed by atoms with Crippen LogP contribution in [-0.4, -0.2) is 91.9 Å². The molecule has 0 bridgehead atoms. The molecule has 1 aromatic rings. The van der Waals surface area contributed by atoms with Crippen LogP contribution >= 0.6 is 0 Å². The molecule has 0 saturated heterocycles. The van der Waals surface area contributed by atoms with E-state index in [1.165, 1.54) is 18.2 Å². The number of nitrogens with zero attached hydrogens (tertiary/aromatic N) is 2. The number of aromatic hydroxyl groups is 1. The lowest BCUT2D eigenvalue weighted by molar-refractivity contribution is -0.148. The number of hydrogen-bond acceptors (Lipinski definition) is 8. The summed E-state index contributed by atoms with van der Waals surface area (Å²) in [6, 6.07) is 2.09. The summed E-state index contributed by atoms with van der Waals surface area (Å²) < 4.78 is 0. The third kappa shape index (κ3) is 7.09. The van der Waals surface area contributed by atoms with Gasteiger partial charge >= 0.3 is 23.9 Å². The first-order chi connectivity index (χ1) is 13.0. The van der Waals surface area contributed by atoms with E-state index in [2.05, 4.69) is 0 Å². The van der Waals surface area contributed by atoms with Gasteiger partial charge in [-0.25, -0.2) is 0 Å². The topological polar surface area (TPSA) is 202 Å². The number of nitrogen functional groups attached to an aromatic ring is 1. The molecule has 12 nitrogen and oxygen atoms in total. The van der Waals surface area contributed by atoms with Crippen molar-refractivity contribution in [2.45, 2.75) is 6.04 Å². The van der Waals surface area contributed by atoms with Crippen LogP contribution in [0.5, 0.6) is 5.75 Å². The normalized spacial score (nSPS) is 12.1. The van der Waals surface area contributed by atoms with Gasteiger partial charge in [0.1, 0.15) is 11.8 Å². The molecule has 0 saturated carbocycles. The maximum Gasteiger partial charge on any atom is 0.325 e. The summed E-state index contributed by atoms with van der Waals surface area (Å²) in [5, 5.41) is 46.4. The first-order valence-corrected chi connectivity index (χ1v) is 7.94. The van der Waals surface area contributed by atoms with Crippen LogP contribution in [-0.2, 0) is 19.2 Å². The van der Waals surface area contributed by atoms with Crippen molar-refractivity contribution in [2.75, 3.05) is 38.5 Å². The number of nitrogens with two attached hydrogens (primary N) is 1. The van der Waals surface area contributed by atoms with Gasteiger partial charge in [-0.05, 0) is 18.2 Å². The van der Waals surface area contributed by atoms with Gasteiger partial charge in [0.05, 0.1) is 19.6 Å². The van der Waals surface area contributed by atoms with Crippen LogP contribution in [0, 0.1) is 0 Å². The Morgan fingerprint density at radius 1 is 0.893 bits per heavy atom. The maximum atomic E-state index is 11.8. The minimum atomic E-state index is -1.60. The van der Waals surface area contributed by atoms with Crippen molar-refractivity contribution in [3.63, 3.8) is 0 Å². The van der Waals surface area contributed by atoms with Crippen molar-refractivity contribution in [3.05, 3.63) is 23.8 Å². The highest BCUT2D eigenvalue weighted by Gasteiger charge is 2.32. The van der Waals surface area contributed by atoms with Crippen LogP contribution in [0.4, 0.5) is 5.69 Å². The second kappa shape index (κ2) is 10.1. The Balaban J connectivity index is 3.16. The van der Waals surface area contributed by atoms with E-state index >= 15 is 0 Å². The summed E-state index contributed by atoms with van der Waals surface area (Å²) in [4.78, 5) is 46.7. The number of anilines is 1. The Kier molecular flexibility index (Phi) is 8.16. The predicted octanol–water partition coefficient (Wildman–Crippen LogP) is -1.04. The Labute approximate surface area is 159 Å². The summed E-state index contributed by atoms with van der Waals surface area (Å²) in [7, 11) is 0. The average molecular weight is 399 g/mol. The quantitative estimate of drug-likeness (QED) is 0.184. The number of benzene rings is 1. The fraction of sp³-hybridized carbons (Fsp3) is 0.375. The Hall–Kier alpha value is -3.38.